The summed E-state index contributed by atoms with van der Waals surface area (Å²) in [5.41, 5.74) is 2.38. The molecule has 0 aromatic heterocycles. The summed E-state index contributed by atoms with van der Waals surface area (Å²) in [7, 11) is 0. The summed E-state index contributed by atoms with van der Waals surface area (Å²) in [6.45, 7) is 9.22. The zero-order chi connectivity index (χ0) is 13.5. The predicted molar refractivity (Wildman–Crippen MR) is 73.9 cm³/mol. The molecule has 3 heteroatoms. The van der Waals surface area contributed by atoms with Crippen LogP contribution in [0.4, 0.5) is 0 Å². The van der Waals surface area contributed by atoms with Gasteiger partial charge < -0.3 is 10.1 Å². The van der Waals surface area contributed by atoms with E-state index in [4.69, 9.17) is 4.74 Å². The highest BCUT2D eigenvalue weighted by atomic mass is 16.5. The normalized spacial score (nSPS) is 10.5. The second-order valence-electron chi connectivity index (χ2n) is 5.12. The Kier molecular flexibility index (Phi) is 5.69. The maximum atomic E-state index is 11.4. The van der Waals surface area contributed by atoms with E-state index in [0.717, 1.165) is 5.75 Å². The molecule has 0 saturated carbocycles. The van der Waals surface area contributed by atoms with Gasteiger partial charge in [0.25, 0.3) is 0 Å². The van der Waals surface area contributed by atoms with Gasteiger partial charge in [-0.05, 0) is 43.0 Å². The molecular formula is C15H23NO2. The Morgan fingerprint density at radius 2 is 1.83 bits per heavy atom. The summed E-state index contributed by atoms with van der Waals surface area (Å²) >= 11 is 0. The Labute approximate surface area is 110 Å². The lowest BCUT2D eigenvalue weighted by Gasteiger charge is -2.10. The van der Waals surface area contributed by atoms with Crippen LogP contribution >= 0.6 is 0 Å². The van der Waals surface area contributed by atoms with E-state index >= 15 is 0 Å². The first-order valence-electron chi connectivity index (χ1n) is 6.45. The zero-order valence-corrected chi connectivity index (χ0v) is 11.7. The number of aryl methyl sites for hydroxylation is 2. The fourth-order valence-electron chi connectivity index (χ4n) is 1.82. The number of carbonyl (C=O) groups excluding carboxylic acids is 1. The number of hydrogen-bond donors (Lipinski definition) is 1. The van der Waals surface area contributed by atoms with Crippen molar-refractivity contribution in [2.45, 2.75) is 34.1 Å². The Morgan fingerprint density at radius 3 is 2.39 bits per heavy atom. The summed E-state index contributed by atoms with van der Waals surface area (Å²) in [6, 6.07) is 6.11. The third kappa shape index (κ3) is 5.71. The predicted octanol–water partition coefficient (Wildman–Crippen LogP) is 2.84. The third-order valence-corrected chi connectivity index (χ3v) is 2.48. The SMILES string of the molecule is Cc1cc(C)cc(OCCNC(=O)CC(C)C)c1. The van der Waals surface area contributed by atoms with Crippen LogP contribution in [0.5, 0.6) is 5.75 Å². The van der Waals surface area contributed by atoms with Crippen molar-refractivity contribution in [3.8, 4) is 5.75 Å². The first-order chi connectivity index (χ1) is 8.47. The minimum absolute atomic E-state index is 0.0917. The molecule has 1 amide bonds. The molecule has 1 N–H and O–H groups in total. The number of amides is 1. The molecule has 0 unspecified atom stereocenters. The fraction of sp³-hybridized carbons (Fsp3) is 0.533. The van der Waals surface area contributed by atoms with E-state index in [-0.39, 0.29) is 5.91 Å². The molecule has 0 radical (unpaired) electrons. The summed E-state index contributed by atoms with van der Waals surface area (Å²) in [5.74, 6) is 1.35. The first kappa shape index (κ1) is 14.6. The highest BCUT2D eigenvalue weighted by Crippen LogP contribution is 2.15. The molecule has 1 rings (SSSR count). The van der Waals surface area contributed by atoms with E-state index < -0.39 is 0 Å². The lowest BCUT2D eigenvalue weighted by Crippen LogP contribution is -2.28. The molecule has 0 atom stereocenters. The summed E-state index contributed by atoms with van der Waals surface area (Å²) in [5, 5.41) is 2.85. The van der Waals surface area contributed by atoms with Crippen LogP contribution in [0.25, 0.3) is 0 Å². The monoisotopic (exact) mass is 249 g/mol. The molecule has 100 valence electrons. The second-order valence-corrected chi connectivity index (χ2v) is 5.12. The van der Waals surface area contributed by atoms with Gasteiger partial charge in [-0.3, -0.25) is 4.79 Å². The number of hydrogen-bond acceptors (Lipinski definition) is 2. The number of rotatable bonds is 6. The van der Waals surface area contributed by atoms with Crippen LogP contribution in [0.2, 0.25) is 0 Å². The van der Waals surface area contributed by atoms with Crippen molar-refractivity contribution in [2.75, 3.05) is 13.2 Å². The summed E-state index contributed by atoms with van der Waals surface area (Å²) in [4.78, 5) is 11.4. The smallest absolute Gasteiger partial charge is 0.220 e. The molecule has 0 aliphatic rings. The fourth-order valence-corrected chi connectivity index (χ4v) is 1.82. The maximum absolute atomic E-state index is 11.4. The van der Waals surface area contributed by atoms with E-state index in [2.05, 4.69) is 11.4 Å². The second kappa shape index (κ2) is 7.04. The molecule has 3 nitrogen and oxygen atoms in total. The molecule has 0 heterocycles. The van der Waals surface area contributed by atoms with Crippen molar-refractivity contribution < 1.29 is 9.53 Å². The molecule has 0 fully saturated rings. The van der Waals surface area contributed by atoms with E-state index in [1.807, 2.05) is 39.8 Å². The van der Waals surface area contributed by atoms with Gasteiger partial charge in [-0.1, -0.05) is 19.9 Å². The maximum Gasteiger partial charge on any atom is 0.220 e. The van der Waals surface area contributed by atoms with Crippen LogP contribution in [0.1, 0.15) is 31.4 Å². The topological polar surface area (TPSA) is 38.3 Å². The van der Waals surface area contributed by atoms with Crippen molar-refractivity contribution in [1.29, 1.82) is 0 Å². The van der Waals surface area contributed by atoms with Gasteiger partial charge >= 0.3 is 0 Å². The van der Waals surface area contributed by atoms with Gasteiger partial charge in [-0.2, -0.15) is 0 Å². The molecular weight excluding hydrogens is 226 g/mol. The van der Waals surface area contributed by atoms with Crippen molar-refractivity contribution in [2.24, 2.45) is 5.92 Å². The lowest BCUT2D eigenvalue weighted by atomic mass is 10.1. The average molecular weight is 249 g/mol. The number of nitrogens with one attached hydrogen (secondary N) is 1. The van der Waals surface area contributed by atoms with Crippen molar-refractivity contribution in [1.82, 2.24) is 5.32 Å². The van der Waals surface area contributed by atoms with Gasteiger partial charge in [-0.25, -0.2) is 0 Å². The van der Waals surface area contributed by atoms with Crippen molar-refractivity contribution in [3.05, 3.63) is 29.3 Å². The number of carbonyl (C=O) groups is 1. The van der Waals surface area contributed by atoms with Crippen molar-refractivity contribution in [3.63, 3.8) is 0 Å². The zero-order valence-electron chi connectivity index (χ0n) is 11.7. The van der Waals surface area contributed by atoms with E-state index in [0.29, 0.717) is 25.5 Å². The van der Waals surface area contributed by atoms with Crippen LogP contribution in [-0.2, 0) is 4.79 Å². The molecule has 0 spiro atoms. The van der Waals surface area contributed by atoms with Crippen LogP contribution in [-0.4, -0.2) is 19.1 Å². The average Bonchev–Trinajstić information content (AvgIpc) is 2.22. The van der Waals surface area contributed by atoms with Crippen LogP contribution in [0.3, 0.4) is 0 Å². The first-order valence-corrected chi connectivity index (χ1v) is 6.45. The van der Waals surface area contributed by atoms with Crippen molar-refractivity contribution >= 4 is 5.91 Å². The summed E-state index contributed by atoms with van der Waals surface area (Å²) < 4.78 is 5.61. The number of ether oxygens (including phenoxy) is 1. The largest absolute Gasteiger partial charge is 0.492 e. The van der Waals surface area contributed by atoms with Gasteiger partial charge in [0, 0.05) is 6.42 Å². The third-order valence-electron chi connectivity index (χ3n) is 2.48. The highest BCUT2D eigenvalue weighted by Gasteiger charge is 2.03. The molecule has 0 aliphatic heterocycles. The minimum Gasteiger partial charge on any atom is -0.492 e. The Morgan fingerprint density at radius 1 is 1.22 bits per heavy atom. The van der Waals surface area contributed by atoms with Crippen LogP contribution in [0, 0.1) is 19.8 Å². The Bertz CT molecular complexity index is 379. The molecule has 18 heavy (non-hydrogen) atoms. The molecule has 1 aromatic carbocycles. The van der Waals surface area contributed by atoms with Gasteiger partial charge in [-0.15, -0.1) is 0 Å². The van der Waals surface area contributed by atoms with Crippen LogP contribution in [0.15, 0.2) is 18.2 Å². The highest BCUT2D eigenvalue weighted by molar-refractivity contribution is 5.75. The minimum atomic E-state index is 0.0917. The molecule has 0 saturated heterocycles. The van der Waals surface area contributed by atoms with E-state index in [9.17, 15) is 4.79 Å². The summed E-state index contributed by atoms with van der Waals surface area (Å²) in [6.07, 6.45) is 0.573. The van der Waals surface area contributed by atoms with Gasteiger partial charge in [0.1, 0.15) is 12.4 Å². The van der Waals surface area contributed by atoms with Gasteiger partial charge in [0.15, 0.2) is 0 Å². The quantitative estimate of drug-likeness (QED) is 0.787. The molecule has 0 aliphatic carbocycles. The Balaban J connectivity index is 2.27. The standard InChI is InChI=1S/C15H23NO2/c1-11(2)7-15(17)16-5-6-18-14-9-12(3)8-13(4)10-14/h8-11H,5-7H2,1-4H3,(H,16,17). The van der Waals surface area contributed by atoms with E-state index in [1.165, 1.54) is 11.1 Å². The van der Waals surface area contributed by atoms with E-state index in [1.54, 1.807) is 0 Å². The molecule has 0 bridgehead atoms. The lowest BCUT2D eigenvalue weighted by molar-refractivity contribution is -0.121. The number of benzene rings is 1. The van der Waals surface area contributed by atoms with Gasteiger partial charge in [0.2, 0.25) is 5.91 Å². The molecule has 1 aromatic rings. The van der Waals surface area contributed by atoms with Gasteiger partial charge in [0.05, 0.1) is 6.54 Å². The Hall–Kier alpha value is -1.51. The van der Waals surface area contributed by atoms with Crippen LogP contribution < -0.4 is 10.1 Å².